The minimum absolute atomic E-state index is 0.0807. The molecule has 0 saturated carbocycles. The number of aromatic nitrogens is 3. The van der Waals surface area contributed by atoms with Crippen LogP contribution in [0.2, 0.25) is 0 Å². The summed E-state index contributed by atoms with van der Waals surface area (Å²) < 4.78 is 6.81. The Balaban J connectivity index is 1.35. The van der Waals surface area contributed by atoms with Crippen molar-refractivity contribution >= 4 is 23.8 Å². The van der Waals surface area contributed by atoms with Crippen LogP contribution >= 0.6 is 11.8 Å². The minimum atomic E-state index is -0.388. The van der Waals surface area contributed by atoms with Gasteiger partial charge in [0, 0.05) is 31.8 Å². The second-order valence-corrected chi connectivity index (χ2v) is 8.76. The van der Waals surface area contributed by atoms with Crippen molar-refractivity contribution in [2.45, 2.75) is 35.7 Å². The van der Waals surface area contributed by atoms with Gasteiger partial charge < -0.3 is 19.5 Å². The van der Waals surface area contributed by atoms with Crippen LogP contribution in [0.1, 0.15) is 29.7 Å². The van der Waals surface area contributed by atoms with Gasteiger partial charge in [-0.3, -0.25) is 4.79 Å². The summed E-state index contributed by atoms with van der Waals surface area (Å²) in [5, 5.41) is 11.9. The first-order valence-electron chi connectivity index (χ1n) is 9.26. The molecule has 2 fully saturated rings. The van der Waals surface area contributed by atoms with E-state index in [2.05, 4.69) is 34.6 Å². The second-order valence-electron chi connectivity index (χ2n) is 7.45. The van der Waals surface area contributed by atoms with Gasteiger partial charge in [0.15, 0.2) is 5.16 Å². The Morgan fingerprint density at radius 2 is 2.25 bits per heavy atom. The molecule has 2 amide bonds. The number of benzene rings is 1. The molecule has 2 aromatic rings. The highest BCUT2D eigenvalue weighted by Crippen LogP contribution is 2.34. The van der Waals surface area contributed by atoms with Crippen LogP contribution in [-0.4, -0.2) is 56.9 Å². The fourth-order valence-electron chi connectivity index (χ4n) is 3.60. The largest absolute Gasteiger partial charge is 0.449 e. The van der Waals surface area contributed by atoms with Crippen LogP contribution in [0, 0.1) is 0 Å². The molecule has 2 aliphatic heterocycles. The maximum absolute atomic E-state index is 12.6. The Bertz CT molecular complexity index is 893. The topological polar surface area (TPSA) is 89.3 Å². The number of nitrogens with one attached hydrogen (secondary N) is 1. The predicted molar refractivity (Wildman–Crippen MR) is 104 cm³/mol. The van der Waals surface area contributed by atoms with Gasteiger partial charge in [-0.25, -0.2) is 4.79 Å². The van der Waals surface area contributed by atoms with Crippen molar-refractivity contribution in [1.82, 2.24) is 25.0 Å². The van der Waals surface area contributed by atoms with Crippen LogP contribution in [0.15, 0.2) is 35.7 Å². The lowest BCUT2D eigenvalue weighted by atomic mass is 9.85. The molecule has 1 aromatic carbocycles. The number of thioether (sulfide) groups is 1. The minimum Gasteiger partial charge on any atom is -0.449 e. The van der Waals surface area contributed by atoms with Gasteiger partial charge in [0.2, 0.25) is 5.91 Å². The van der Waals surface area contributed by atoms with Crippen LogP contribution in [0.3, 0.4) is 0 Å². The van der Waals surface area contributed by atoms with Crippen molar-refractivity contribution < 1.29 is 14.3 Å². The van der Waals surface area contributed by atoms with Gasteiger partial charge in [-0.05, 0) is 18.1 Å². The molecule has 28 heavy (non-hydrogen) atoms. The molecular formula is C19H23N5O3S. The standard InChI is InChI=1S/C19H23N5O3S/c1-13(28-17-22-20-12-23(17)2)15-5-3-4-14(8-15)9-16(25)24-10-19(11-24)6-7-27-18(26)21-19/h3-5,8,12-13H,6-7,9-11H2,1-2H3,(H,21,26)/t13-/m0/s1. The summed E-state index contributed by atoms with van der Waals surface area (Å²) in [6.45, 7) is 3.64. The number of hydrogen-bond acceptors (Lipinski definition) is 6. The first-order chi connectivity index (χ1) is 13.4. The summed E-state index contributed by atoms with van der Waals surface area (Å²) in [5.74, 6) is 0.0807. The Morgan fingerprint density at radius 3 is 2.96 bits per heavy atom. The van der Waals surface area contributed by atoms with E-state index in [0.29, 0.717) is 26.1 Å². The molecule has 0 bridgehead atoms. The lowest BCUT2D eigenvalue weighted by molar-refractivity contribution is -0.140. The zero-order chi connectivity index (χ0) is 19.7. The number of aryl methyl sites for hydroxylation is 1. The number of cyclic esters (lactones) is 1. The molecule has 8 nitrogen and oxygen atoms in total. The Morgan fingerprint density at radius 1 is 1.43 bits per heavy atom. The maximum Gasteiger partial charge on any atom is 0.407 e. The van der Waals surface area contributed by atoms with Crippen LogP contribution < -0.4 is 5.32 Å². The predicted octanol–water partition coefficient (Wildman–Crippen LogP) is 1.92. The van der Waals surface area contributed by atoms with Crippen LogP contribution in [0.4, 0.5) is 4.79 Å². The number of nitrogens with zero attached hydrogens (tertiary/aromatic N) is 4. The Kier molecular flexibility index (Phi) is 5.01. The first-order valence-corrected chi connectivity index (χ1v) is 10.1. The van der Waals surface area contributed by atoms with E-state index >= 15 is 0 Å². The fraction of sp³-hybridized carbons (Fsp3) is 0.474. The number of amides is 2. The summed E-state index contributed by atoms with van der Waals surface area (Å²) in [4.78, 5) is 25.9. The van der Waals surface area contributed by atoms with Crippen molar-refractivity contribution in [2.24, 2.45) is 7.05 Å². The van der Waals surface area contributed by atoms with Crippen LogP contribution in [-0.2, 0) is 23.0 Å². The summed E-state index contributed by atoms with van der Waals surface area (Å²) in [7, 11) is 1.92. The maximum atomic E-state index is 12.6. The van der Waals surface area contributed by atoms with E-state index in [1.54, 1.807) is 23.0 Å². The third-order valence-electron chi connectivity index (χ3n) is 5.25. The quantitative estimate of drug-likeness (QED) is 0.770. The zero-order valence-corrected chi connectivity index (χ0v) is 16.7. The summed E-state index contributed by atoms with van der Waals surface area (Å²) >= 11 is 1.64. The van der Waals surface area contributed by atoms with Gasteiger partial charge in [0.25, 0.3) is 0 Å². The van der Waals surface area contributed by atoms with E-state index in [1.165, 1.54) is 0 Å². The Labute approximate surface area is 167 Å². The first kappa shape index (κ1) is 18.8. The van der Waals surface area contributed by atoms with Crippen molar-refractivity contribution in [3.8, 4) is 0 Å². The normalized spacial score (nSPS) is 18.9. The van der Waals surface area contributed by atoms with Crippen molar-refractivity contribution in [2.75, 3.05) is 19.7 Å². The molecule has 0 radical (unpaired) electrons. The molecule has 0 aliphatic carbocycles. The van der Waals surface area contributed by atoms with Gasteiger partial charge in [-0.1, -0.05) is 36.0 Å². The third-order valence-corrected chi connectivity index (χ3v) is 6.45. The third kappa shape index (κ3) is 3.84. The monoisotopic (exact) mass is 401 g/mol. The van der Waals surface area contributed by atoms with Gasteiger partial charge in [-0.2, -0.15) is 0 Å². The molecule has 0 unspecified atom stereocenters. The molecule has 3 heterocycles. The molecule has 1 atom stereocenters. The number of ether oxygens (including phenoxy) is 1. The Hall–Kier alpha value is -2.55. The SMILES string of the molecule is C[C@H](Sc1nncn1C)c1cccc(CC(=O)N2CC3(CCOC(=O)N3)C2)c1. The summed E-state index contributed by atoms with van der Waals surface area (Å²) in [6.07, 6.45) is 2.40. The molecule has 148 valence electrons. The zero-order valence-electron chi connectivity index (χ0n) is 15.9. The number of carbonyl (C=O) groups is 2. The van der Waals surface area contributed by atoms with E-state index in [0.717, 1.165) is 22.7 Å². The molecule has 1 aromatic heterocycles. The number of likely N-dealkylation sites (tertiary alicyclic amines) is 1. The molecule has 1 N–H and O–H groups in total. The highest BCUT2D eigenvalue weighted by Gasteiger charge is 2.48. The van der Waals surface area contributed by atoms with Crippen LogP contribution in [0.5, 0.6) is 0 Å². The second kappa shape index (κ2) is 7.46. The molecule has 4 rings (SSSR count). The molecule has 2 saturated heterocycles. The fourth-order valence-corrected chi connectivity index (χ4v) is 4.51. The number of alkyl carbamates (subject to hydrolysis) is 1. The van der Waals surface area contributed by atoms with Crippen molar-refractivity contribution in [3.05, 3.63) is 41.7 Å². The summed E-state index contributed by atoms with van der Waals surface area (Å²) in [5.41, 5.74) is 1.84. The van der Waals surface area contributed by atoms with Gasteiger partial charge in [0.1, 0.15) is 6.33 Å². The highest BCUT2D eigenvalue weighted by atomic mass is 32.2. The van der Waals surface area contributed by atoms with E-state index in [9.17, 15) is 9.59 Å². The lowest BCUT2D eigenvalue weighted by Crippen LogP contribution is -2.73. The highest BCUT2D eigenvalue weighted by molar-refractivity contribution is 7.99. The molecule has 2 aliphatic rings. The van der Waals surface area contributed by atoms with Crippen molar-refractivity contribution in [3.63, 3.8) is 0 Å². The smallest absolute Gasteiger partial charge is 0.407 e. The van der Waals surface area contributed by atoms with E-state index in [4.69, 9.17) is 4.74 Å². The van der Waals surface area contributed by atoms with Crippen LogP contribution in [0.25, 0.3) is 0 Å². The summed E-state index contributed by atoms with van der Waals surface area (Å²) in [6, 6.07) is 8.12. The molecule has 1 spiro atoms. The van der Waals surface area contributed by atoms with Gasteiger partial charge in [0.05, 0.1) is 18.6 Å². The average molecular weight is 401 g/mol. The average Bonchev–Trinajstić information content (AvgIpc) is 3.04. The molecular weight excluding hydrogens is 378 g/mol. The number of rotatable bonds is 5. The number of hydrogen-bond donors (Lipinski definition) is 1. The van der Waals surface area contributed by atoms with E-state index < -0.39 is 0 Å². The van der Waals surface area contributed by atoms with Gasteiger partial charge in [-0.15, -0.1) is 10.2 Å². The van der Waals surface area contributed by atoms with Crippen molar-refractivity contribution in [1.29, 1.82) is 0 Å². The van der Waals surface area contributed by atoms with E-state index in [1.807, 2.05) is 23.7 Å². The molecule has 9 heteroatoms. The lowest BCUT2D eigenvalue weighted by Gasteiger charge is -2.51. The van der Waals surface area contributed by atoms with Gasteiger partial charge >= 0.3 is 6.09 Å². The number of carbonyl (C=O) groups excluding carboxylic acids is 2. The van der Waals surface area contributed by atoms with E-state index in [-0.39, 0.29) is 22.8 Å².